The maximum absolute atomic E-state index is 13.4. The minimum Gasteiger partial charge on any atom is -0.455 e. The molecule has 0 fully saturated rings. The number of halogens is 1. The van der Waals surface area contributed by atoms with Gasteiger partial charge in [-0.3, -0.25) is 9.78 Å². The molecule has 3 aromatic rings. The smallest absolute Gasteiger partial charge is 0.196 e. The number of aliphatic hydroxyl groups is 1. The molecule has 1 atom stereocenters. The lowest BCUT2D eigenvalue weighted by Gasteiger charge is -2.13. The summed E-state index contributed by atoms with van der Waals surface area (Å²) in [6.45, 7) is 5.10. The fraction of sp³-hybridized carbons (Fsp3) is 0.222. The van der Waals surface area contributed by atoms with E-state index in [4.69, 9.17) is 4.42 Å². The van der Waals surface area contributed by atoms with Crippen molar-refractivity contribution < 1.29 is 13.9 Å². The summed E-state index contributed by atoms with van der Waals surface area (Å²) >= 11 is 0. The van der Waals surface area contributed by atoms with Crippen molar-refractivity contribution in [3.05, 3.63) is 63.3 Å². The molecule has 0 unspecified atom stereocenters. The molecule has 0 amide bonds. The van der Waals surface area contributed by atoms with Gasteiger partial charge in [-0.2, -0.15) is 0 Å². The van der Waals surface area contributed by atoms with Gasteiger partial charge in [-0.15, -0.1) is 0 Å². The molecule has 0 spiro atoms. The first-order chi connectivity index (χ1) is 10.9. The standard InChI is InChI=1S/C18H16FNO3/c1-9-4-14(11(3)21)18-15(5-9)16(22)10(2)17(23-18)12-6-13(19)8-20-7-12/h4-8,11,21H,1-3H3/t11-/m0/s1. The van der Waals surface area contributed by atoms with Crippen molar-refractivity contribution in [1.29, 1.82) is 0 Å². The van der Waals surface area contributed by atoms with Gasteiger partial charge in [0.15, 0.2) is 5.43 Å². The third kappa shape index (κ3) is 2.64. The molecule has 2 heterocycles. The van der Waals surface area contributed by atoms with Crippen LogP contribution in [0.15, 0.2) is 39.8 Å². The van der Waals surface area contributed by atoms with Crippen LogP contribution in [0.1, 0.15) is 29.7 Å². The van der Waals surface area contributed by atoms with E-state index in [1.165, 1.54) is 12.3 Å². The lowest BCUT2D eigenvalue weighted by Crippen LogP contribution is -2.09. The molecular weight excluding hydrogens is 297 g/mol. The second-order valence-electron chi connectivity index (χ2n) is 5.68. The van der Waals surface area contributed by atoms with Gasteiger partial charge < -0.3 is 9.52 Å². The van der Waals surface area contributed by atoms with Gasteiger partial charge in [0.25, 0.3) is 0 Å². The van der Waals surface area contributed by atoms with Crippen LogP contribution in [0, 0.1) is 19.7 Å². The Labute approximate surface area is 132 Å². The summed E-state index contributed by atoms with van der Waals surface area (Å²) in [5.74, 6) is -0.246. The van der Waals surface area contributed by atoms with Crippen LogP contribution in [0.4, 0.5) is 4.39 Å². The van der Waals surface area contributed by atoms with Crippen LogP contribution < -0.4 is 5.43 Å². The van der Waals surface area contributed by atoms with E-state index >= 15 is 0 Å². The number of aromatic nitrogens is 1. The van der Waals surface area contributed by atoms with E-state index < -0.39 is 11.9 Å². The summed E-state index contributed by atoms with van der Waals surface area (Å²) in [6, 6.07) is 4.77. The lowest BCUT2D eigenvalue weighted by molar-refractivity contribution is 0.199. The normalized spacial score (nSPS) is 12.6. The molecule has 118 valence electrons. The van der Waals surface area contributed by atoms with Crippen LogP contribution in [0.25, 0.3) is 22.3 Å². The second-order valence-corrected chi connectivity index (χ2v) is 5.68. The molecule has 4 nitrogen and oxygen atoms in total. The van der Waals surface area contributed by atoms with E-state index in [9.17, 15) is 14.3 Å². The Bertz CT molecular complexity index is 960. The molecule has 2 aromatic heterocycles. The SMILES string of the molecule is Cc1cc([C@H](C)O)c2oc(-c3cncc(F)c3)c(C)c(=O)c2c1. The second kappa shape index (κ2) is 5.59. The van der Waals surface area contributed by atoms with E-state index in [-0.39, 0.29) is 11.2 Å². The zero-order chi connectivity index (χ0) is 16.7. The quantitative estimate of drug-likeness (QED) is 0.784. The lowest BCUT2D eigenvalue weighted by atomic mass is 10.0. The molecule has 1 aromatic carbocycles. The highest BCUT2D eigenvalue weighted by Gasteiger charge is 2.18. The maximum atomic E-state index is 13.4. The van der Waals surface area contributed by atoms with Crippen molar-refractivity contribution in [3.63, 3.8) is 0 Å². The van der Waals surface area contributed by atoms with Crippen LogP contribution in [0.2, 0.25) is 0 Å². The highest BCUT2D eigenvalue weighted by molar-refractivity contribution is 5.84. The molecule has 0 aliphatic rings. The summed E-state index contributed by atoms with van der Waals surface area (Å²) in [6.07, 6.45) is 1.74. The topological polar surface area (TPSA) is 63.3 Å². The predicted molar refractivity (Wildman–Crippen MR) is 85.8 cm³/mol. The van der Waals surface area contributed by atoms with Gasteiger partial charge in [0.05, 0.1) is 17.7 Å². The predicted octanol–water partition coefficient (Wildman–Crippen LogP) is 3.66. The van der Waals surface area contributed by atoms with E-state index in [1.807, 2.05) is 6.92 Å². The summed E-state index contributed by atoms with van der Waals surface area (Å²) in [4.78, 5) is 16.5. The maximum Gasteiger partial charge on any atom is 0.196 e. The van der Waals surface area contributed by atoms with Gasteiger partial charge in [0, 0.05) is 22.9 Å². The molecule has 0 saturated carbocycles. The highest BCUT2D eigenvalue weighted by Crippen LogP contribution is 2.30. The van der Waals surface area contributed by atoms with Crippen LogP contribution in [-0.4, -0.2) is 10.1 Å². The number of pyridine rings is 1. The number of hydrogen-bond acceptors (Lipinski definition) is 4. The van der Waals surface area contributed by atoms with E-state index in [0.29, 0.717) is 27.7 Å². The van der Waals surface area contributed by atoms with Gasteiger partial charge in [-0.1, -0.05) is 0 Å². The van der Waals surface area contributed by atoms with Crippen LogP contribution >= 0.6 is 0 Å². The Morgan fingerprint density at radius 3 is 2.61 bits per heavy atom. The van der Waals surface area contributed by atoms with Gasteiger partial charge in [0.1, 0.15) is 17.2 Å². The molecule has 0 saturated heterocycles. The zero-order valence-corrected chi connectivity index (χ0v) is 13.1. The van der Waals surface area contributed by atoms with Crippen molar-refractivity contribution in [2.45, 2.75) is 26.9 Å². The van der Waals surface area contributed by atoms with Gasteiger partial charge >= 0.3 is 0 Å². The van der Waals surface area contributed by atoms with Crippen molar-refractivity contribution in [1.82, 2.24) is 4.98 Å². The van der Waals surface area contributed by atoms with E-state index in [2.05, 4.69) is 4.98 Å². The molecule has 0 radical (unpaired) electrons. The first-order valence-corrected chi connectivity index (χ1v) is 7.25. The molecule has 1 N–H and O–H groups in total. The number of benzene rings is 1. The molecule has 0 aliphatic carbocycles. The summed E-state index contributed by atoms with van der Waals surface area (Å²) < 4.78 is 19.3. The number of rotatable bonds is 2. The van der Waals surface area contributed by atoms with Gasteiger partial charge in [0.2, 0.25) is 0 Å². The van der Waals surface area contributed by atoms with E-state index in [0.717, 1.165) is 11.8 Å². The summed E-state index contributed by atoms with van der Waals surface area (Å²) in [7, 11) is 0. The Balaban J connectivity index is 2.42. The van der Waals surface area contributed by atoms with Crippen molar-refractivity contribution in [3.8, 4) is 11.3 Å². The monoisotopic (exact) mass is 313 g/mol. The summed E-state index contributed by atoms with van der Waals surface area (Å²) in [5.41, 5.74) is 2.28. The van der Waals surface area contributed by atoms with Crippen LogP contribution in [-0.2, 0) is 0 Å². The Kier molecular flexibility index (Phi) is 3.74. The Hall–Kier alpha value is -2.53. The summed E-state index contributed by atoms with van der Waals surface area (Å²) in [5, 5.41) is 10.4. The van der Waals surface area contributed by atoms with Crippen molar-refractivity contribution in [2.75, 3.05) is 0 Å². The number of fused-ring (bicyclic) bond motifs is 1. The number of aliphatic hydroxyl groups excluding tert-OH is 1. The van der Waals surface area contributed by atoms with Crippen LogP contribution in [0.5, 0.6) is 0 Å². The Morgan fingerprint density at radius 1 is 1.22 bits per heavy atom. The fourth-order valence-electron chi connectivity index (χ4n) is 2.69. The highest BCUT2D eigenvalue weighted by atomic mass is 19.1. The molecule has 3 rings (SSSR count). The third-order valence-corrected chi connectivity index (χ3v) is 3.81. The molecular formula is C18H16FNO3. The first kappa shape index (κ1) is 15.4. The first-order valence-electron chi connectivity index (χ1n) is 7.25. The minimum atomic E-state index is -0.790. The van der Waals surface area contributed by atoms with Crippen LogP contribution in [0.3, 0.4) is 0 Å². The minimum absolute atomic E-state index is 0.198. The number of aryl methyl sites for hydroxylation is 1. The molecule has 23 heavy (non-hydrogen) atoms. The molecule has 5 heteroatoms. The van der Waals surface area contributed by atoms with Crippen molar-refractivity contribution in [2.24, 2.45) is 0 Å². The van der Waals surface area contributed by atoms with Crippen molar-refractivity contribution >= 4 is 11.0 Å². The van der Waals surface area contributed by atoms with Gasteiger partial charge in [-0.25, -0.2) is 4.39 Å². The Morgan fingerprint density at radius 2 is 1.96 bits per heavy atom. The average Bonchev–Trinajstić information content (AvgIpc) is 2.50. The van der Waals surface area contributed by atoms with E-state index in [1.54, 1.807) is 26.0 Å². The molecule has 0 aliphatic heterocycles. The third-order valence-electron chi connectivity index (χ3n) is 3.81. The zero-order valence-electron chi connectivity index (χ0n) is 13.1. The fourth-order valence-corrected chi connectivity index (χ4v) is 2.69. The average molecular weight is 313 g/mol. The largest absolute Gasteiger partial charge is 0.455 e. The van der Waals surface area contributed by atoms with Gasteiger partial charge in [-0.05, 0) is 44.5 Å². The molecule has 0 bridgehead atoms. The number of hydrogen-bond donors (Lipinski definition) is 1. The number of nitrogens with zero attached hydrogens (tertiary/aromatic N) is 1.